The summed E-state index contributed by atoms with van der Waals surface area (Å²) in [4.78, 5) is 4.04. The molecule has 0 unspecified atom stereocenters. The van der Waals surface area contributed by atoms with Crippen LogP contribution in [-0.4, -0.2) is 4.98 Å². The van der Waals surface area contributed by atoms with E-state index in [0.717, 1.165) is 10.2 Å². The normalized spacial score (nSPS) is 10.2. The predicted molar refractivity (Wildman–Crippen MR) is 71.7 cm³/mol. The highest BCUT2D eigenvalue weighted by Crippen LogP contribution is 2.32. The van der Waals surface area contributed by atoms with Gasteiger partial charge in [0.25, 0.3) is 0 Å². The average molecular weight is 318 g/mol. The van der Waals surface area contributed by atoms with Gasteiger partial charge in [0.05, 0.1) is 27.6 Å². The lowest BCUT2D eigenvalue weighted by Crippen LogP contribution is -1.92. The molecule has 0 saturated heterocycles. The molecule has 0 bridgehead atoms. The van der Waals surface area contributed by atoms with Gasteiger partial charge in [0.15, 0.2) is 0 Å². The van der Waals surface area contributed by atoms with E-state index in [1.807, 2.05) is 6.07 Å². The Morgan fingerprint density at radius 1 is 1.12 bits per heavy atom. The molecule has 16 heavy (non-hydrogen) atoms. The van der Waals surface area contributed by atoms with Crippen LogP contribution >= 0.6 is 39.1 Å². The second kappa shape index (κ2) is 5.04. The van der Waals surface area contributed by atoms with Crippen LogP contribution in [0.15, 0.2) is 41.1 Å². The van der Waals surface area contributed by atoms with Gasteiger partial charge in [-0.05, 0) is 34.1 Å². The molecule has 0 atom stereocenters. The molecule has 0 aliphatic heterocycles. The van der Waals surface area contributed by atoms with Gasteiger partial charge in [-0.2, -0.15) is 0 Å². The highest BCUT2D eigenvalue weighted by Gasteiger charge is 2.05. The van der Waals surface area contributed by atoms with Crippen LogP contribution in [-0.2, 0) is 0 Å². The fourth-order valence-electron chi connectivity index (χ4n) is 1.24. The molecular weight excluding hydrogens is 311 g/mol. The van der Waals surface area contributed by atoms with Crippen LogP contribution in [0.5, 0.6) is 0 Å². The molecule has 82 valence electrons. The maximum absolute atomic E-state index is 6.04. The van der Waals surface area contributed by atoms with E-state index in [-0.39, 0.29) is 0 Å². The van der Waals surface area contributed by atoms with Gasteiger partial charge in [-0.1, -0.05) is 29.3 Å². The van der Waals surface area contributed by atoms with Gasteiger partial charge in [-0.3, -0.25) is 4.98 Å². The van der Waals surface area contributed by atoms with Crippen LogP contribution in [0.4, 0.5) is 11.4 Å². The lowest BCUT2D eigenvalue weighted by molar-refractivity contribution is 1.30. The summed E-state index contributed by atoms with van der Waals surface area (Å²) in [7, 11) is 0. The fraction of sp³-hybridized carbons (Fsp3) is 0. The zero-order chi connectivity index (χ0) is 11.5. The number of hydrogen-bond acceptors (Lipinski definition) is 2. The minimum atomic E-state index is 0.576. The molecular formula is C11H7BrCl2N2. The number of rotatable bonds is 2. The second-order valence-corrected chi connectivity index (χ2v) is 4.84. The minimum absolute atomic E-state index is 0.576. The summed E-state index contributed by atoms with van der Waals surface area (Å²) in [5, 5.41) is 4.28. The van der Waals surface area contributed by atoms with E-state index in [1.165, 1.54) is 0 Å². The third-order valence-corrected chi connectivity index (χ3v) is 3.00. The number of hydrogen-bond donors (Lipinski definition) is 1. The smallest absolute Gasteiger partial charge is 0.0763 e. The molecule has 0 saturated carbocycles. The number of nitrogens with zero attached hydrogens (tertiary/aromatic N) is 1. The van der Waals surface area contributed by atoms with Gasteiger partial charge in [0.2, 0.25) is 0 Å². The zero-order valence-electron chi connectivity index (χ0n) is 8.05. The van der Waals surface area contributed by atoms with Crippen LogP contribution in [0.1, 0.15) is 0 Å². The van der Waals surface area contributed by atoms with Crippen molar-refractivity contribution in [1.29, 1.82) is 0 Å². The predicted octanol–water partition coefficient (Wildman–Crippen LogP) is 4.89. The minimum Gasteiger partial charge on any atom is -0.352 e. The Labute approximate surface area is 112 Å². The van der Waals surface area contributed by atoms with Crippen LogP contribution < -0.4 is 5.32 Å². The summed E-state index contributed by atoms with van der Waals surface area (Å²) < 4.78 is 0.890. The van der Waals surface area contributed by atoms with E-state index in [1.54, 1.807) is 30.6 Å². The van der Waals surface area contributed by atoms with Crippen molar-refractivity contribution in [3.8, 4) is 0 Å². The first kappa shape index (κ1) is 11.7. The van der Waals surface area contributed by atoms with Crippen molar-refractivity contribution in [2.45, 2.75) is 0 Å². The topological polar surface area (TPSA) is 24.9 Å². The molecule has 2 aromatic rings. The molecule has 1 N–H and O–H groups in total. The quantitative estimate of drug-likeness (QED) is 0.852. The number of halogens is 3. The van der Waals surface area contributed by atoms with Crippen molar-refractivity contribution in [3.63, 3.8) is 0 Å². The van der Waals surface area contributed by atoms with Gasteiger partial charge in [-0.25, -0.2) is 0 Å². The first-order chi connectivity index (χ1) is 7.66. The van der Waals surface area contributed by atoms with Crippen molar-refractivity contribution in [3.05, 3.63) is 51.2 Å². The molecule has 5 heteroatoms. The maximum Gasteiger partial charge on any atom is 0.0763 e. The van der Waals surface area contributed by atoms with E-state index >= 15 is 0 Å². The number of benzene rings is 1. The summed E-state index contributed by atoms with van der Waals surface area (Å²) in [6.07, 6.45) is 3.41. The van der Waals surface area contributed by atoms with E-state index < -0.39 is 0 Å². The van der Waals surface area contributed by atoms with Crippen molar-refractivity contribution in [1.82, 2.24) is 4.98 Å². The monoisotopic (exact) mass is 316 g/mol. The molecule has 2 nitrogen and oxygen atoms in total. The van der Waals surface area contributed by atoms with Gasteiger partial charge in [0.1, 0.15) is 0 Å². The summed E-state index contributed by atoms with van der Waals surface area (Å²) in [5.74, 6) is 0. The highest BCUT2D eigenvalue weighted by molar-refractivity contribution is 9.10. The Bertz CT molecular complexity index is 497. The third-order valence-electron chi connectivity index (χ3n) is 1.94. The van der Waals surface area contributed by atoms with Gasteiger partial charge < -0.3 is 5.32 Å². The second-order valence-electron chi connectivity index (χ2n) is 3.11. The largest absolute Gasteiger partial charge is 0.352 e. The molecule has 0 radical (unpaired) electrons. The van der Waals surface area contributed by atoms with E-state index in [0.29, 0.717) is 15.7 Å². The van der Waals surface area contributed by atoms with Crippen molar-refractivity contribution >= 4 is 50.5 Å². The molecule has 0 aliphatic carbocycles. The molecule has 0 aliphatic rings. The number of nitrogens with one attached hydrogen (secondary N) is 1. The van der Waals surface area contributed by atoms with Crippen LogP contribution in [0.25, 0.3) is 0 Å². The fourth-order valence-corrected chi connectivity index (χ4v) is 2.10. The Morgan fingerprint density at radius 3 is 2.44 bits per heavy atom. The molecule has 1 aromatic carbocycles. The maximum atomic E-state index is 6.04. The average Bonchev–Trinajstić information content (AvgIpc) is 2.24. The van der Waals surface area contributed by atoms with Crippen LogP contribution in [0.3, 0.4) is 0 Å². The Kier molecular flexibility index (Phi) is 3.69. The number of para-hydroxylation sites is 1. The lowest BCUT2D eigenvalue weighted by Gasteiger charge is -2.09. The SMILES string of the molecule is Clc1cccc(Cl)c1Nc1cncc(Br)c1. The Morgan fingerprint density at radius 2 is 1.81 bits per heavy atom. The summed E-state index contributed by atoms with van der Waals surface area (Å²) in [5.41, 5.74) is 1.51. The Hall–Kier alpha value is -0.770. The van der Waals surface area contributed by atoms with Crippen LogP contribution in [0.2, 0.25) is 10.0 Å². The van der Waals surface area contributed by atoms with E-state index in [4.69, 9.17) is 23.2 Å². The Balaban J connectivity index is 2.34. The molecule has 2 rings (SSSR count). The standard InChI is InChI=1S/C11H7BrCl2N2/c12-7-4-8(6-15-5-7)16-11-9(13)2-1-3-10(11)14/h1-6,16H. The lowest BCUT2D eigenvalue weighted by atomic mass is 10.3. The third kappa shape index (κ3) is 2.67. The molecule has 1 heterocycles. The van der Waals surface area contributed by atoms with Gasteiger partial charge >= 0.3 is 0 Å². The first-order valence-electron chi connectivity index (χ1n) is 4.48. The number of anilines is 2. The summed E-state index contributed by atoms with van der Waals surface area (Å²) in [6.45, 7) is 0. The zero-order valence-corrected chi connectivity index (χ0v) is 11.1. The van der Waals surface area contributed by atoms with Crippen molar-refractivity contribution in [2.75, 3.05) is 5.32 Å². The summed E-state index contributed by atoms with van der Waals surface area (Å²) >= 11 is 15.4. The molecule has 0 amide bonds. The molecule has 0 spiro atoms. The van der Waals surface area contributed by atoms with Gasteiger partial charge in [-0.15, -0.1) is 0 Å². The van der Waals surface area contributed by atoms with Crippen molar-refractivity contribution < 1.29 is 0 Å². The summed E-state index contributed by atoms with van der Waals surface area (Å²) in [6, 6.07) is 7.25. The number of aromatic nitrogens is 1. The number of pyridine rings is 1. The molecule has 1 aromatic heterocycles. The van der Waals surface area contributed by atoms with Gasteiger partial charge in [0, 0.05) is 10.7 Å². The van der Waals surface area contributed by atoms with Crippen molar-refractivity contribution in [2.24, 2.45) is 0 Å². The first-order valence-corrected chi connectivity index (χ1v) is 6.03. The van der Waals surface area contributed by atoms with E-state index in [2.05, 4.69) is 26.2 Å². The van der Waals surface area contributed by atoms with E-state index in [9.17, 15) is 0 Å². The molecule has 0 fully saturated rings. The highest BCUT2D eigenvalue weighted by atomic mass is 79.9. The van der Waals surface area contributed by atoms with Crippen LogP contribution in [0, 0.1) is 0 Å².